The molecule has 0 heterocycles. The van der Waals surface area contributed by atoms with Gasteiger partial charge in [-0.25, -0.2) is 4.79 Å². The summed E-state index contributed by atoms with van der Waals surface area (Å²) in [6.07, 6.45) is 0.802. The summed E-state index contributed by atoms with van der Waals surface area (Å²) in [5.41, 5.74) is 0.237. The number of carboxylic acids is 1. The molecule has 1 N–H and O–H groups in total. The summed E-state index contributed by atoms with van der Waals surface area (Å²) in [5, 5.41) is 8.46. The lowest BCUT2D eigenvalue weighted by Crippen LogP contribution is -2.17. The lowest BCUT2D eigenvalue weighted by Gasteiger charge is -2.10. The van der Waals surface area contributed by atoms with Gasteiger partial charge in [-0.2, -0.15) is 0 Å². The minimum absolute atomic E-state index is 0.237. The van der Waals surface area contributed by atoms with Crippen molar-refractivity contribution >= 4 is 23.7 Å². The Kier molecular flexibility index (Phi) is 5.71. The maximum atomic E-state index is 11.5. The van der Waals surface area contributed by atoms with Gasteiger partial charge in [0.1, 0.15) is 5.25 Å². The smallest absolute Gasteiger partial charge is 0.335 e. The van der Waals surface area contributed by atoms with Gasteiger partial charge in [-0.1, -0.05) is 6.92 Å². The van der Waals surface area contributed by atoms with E-state index in [1.807, 2.05) is 6.92 Å². The fourth-order valence-corrected chi connectivity index (χ4v) is 2.11. The zero-order valence-corrected chi connectivity index (χ0v) is 11.2. The van der Waals surface area contributed by atoms with E-state index in [4.69, 9.17) is 9.84 Å². The molecule has 18 heavy (non-hydrogen) atoms. The van der Waals surface area contributed by atoms with Crippen LogP contribution < -0.4 is 0 Å². The number of aromatic carboxylic acids is 1. The minimum atomic E-state index is -0.957. The molecule has 0 saturated carbocycles. The molecule has 1 aromatic carbocycles. The van der Waals surface area contributed by atoms with Crippen molar-refractivity contribution in [2.75, 3.05) is 6.61 Å². The molecular formula is C13H16O4S. The maximum Gasteiger partial charge on any atom is 0.335 e. The highest BCUT2D eigenvalue weighted by Crippen LogP contribution is 2.24. The van der Waals surface area contributed by atoms with E-state index in [0.717, 1.165) is 11.3 Å². The number of carbonyl (C=O) groups excluding carboxylic acids is 1. The van der Waals surface area contributed by atoms with Crippen LogP contribution >= 0.6 is 11.8 Å². The van der Waals surface area contributed by atoms with E-state index in [0.29, 0.717) is 6.61 Å². The molecule has 4 nitrogen and oxygen atoms in total. The lowest BCUT2D eigenvalue weighted by atomic mass is 10.2. The van der Waals surface area contributed by atoms with Crippen LogP contribution in [0.3, 0.4) is 0 Å². The quantitative estimate of drug-likeness (QED) is 0.635. The summed E-state index contributed by atoms with van der Waals surface area (Å²) in [7, 11) is 0. The van der Waals surface area contributed by atoms with Crippen LogP contribution in [0.15, 0.2) is 29.2 Å². The minimum Gasteiger partial charge on any atom is -0.478 e. The zero-order valence-electron chi connectivity index (χ0n) is 10.4. The van der Waals surface area contributed by atoms with Gasteiger partial charge in [-0.15, -0.1) is 11.8 Å². The van der Waals surface area contributed by atoms with Crippen molar-refractivity contribution in [2.24, 2.45) is 0 Å². The molecule has 1 atom stereocenters. The third kappa shape index (κ3) is 4.41. The van der Waals surface area contributed by atoms with Crippen molar-refractivity contribution in [1.29, 1.82) is 0 Å². The SMILES string of the molecule is CCCOC(=O)C(C)Sc1ccc(C(=O)O)cc1. The lowest BCUT2D eigenvalue weighted by molar-refractivity contribution is -0.142. The van der Waals surface area contributed by atoms with E-state index >= 15 is 0 Å². The normalized spacial score (nSPS) is 11.9. The summed E-state index contributed by atoms with van der Waals surface area (Å²) in [5.74, 6) is -1.20. The van der Waals surface area contributed by atoms with E-state index in [-0.39, 0.29) is 16.8 Å². The Labute approximate surface area is 110 Å². The van der Waals surface area contributed by atoms with Crippen LogP contribution in [0.25, 0.3) is 0 Å². The van der Waals surface area contributed by atoms with Crippen molar-refractivity contribution < 1.29 is 19.4 Å². The van der Waals surface area contributed by atoms with Crippen LogP contribution in [0.2, 0.25) is 0 Å². The molecule has 1 rings (SSSR count). The Bertz CT molecular complexity index is 414. The first-order valence-corrected chi connectivity index (χ1v) is 6.59. The van der Waals surface area contributed by atoms with Crippen molar-refractivity contribution in [2.45, 2.75) is 30.4 Å². The number of thioether (sulfide) groups is 1. The average molecular weight is 268 g/mol. The summed E-state index contributed by atoms with van der Waals surface area (Å²) < 4.78 is 5.03. The van der Waals surface area contributed by atoms with Crippen molar-refractivity contribution in [3.8, 4) is 0 Å². The second-order valence-electron chi connectivity index (χ2n) is 3.76. The maximum absolute atomic E-state index is 11.5. The number of hydrogen-bond donors (Lipinski definition) is 1. The van der Waals surface area contributed by atoms with Crippen molar-refractivity contribution in [1.82, 2.24) is 0 Å². The van der Waals surface area contributed by atoms with E-state index in [1.165, 1.54) is 23.9 Å². The molecule has 0 amide bonds. The van der Waals surface area contributed by atoms with Crippen LogP contribution in [0.5, 0.6) is 0 Å². The van der Waals surface area contributed by atoms with Crippen LogP contribution in [0, 0.1) is 0 Å². The number of rotatable bonds is 6. The number of carbonyl (C=O) groups is 2. The molecule has 5 heteroatoms. The van der Waals surface area contributed by atoms with Gasteiger partial charge in [0.2, 0.25) is 0 Å². The van der Waals surface area contributed by atoms with Gasteiger partial charge in [0, 0.05) is 4.90 Å². The first-order valence-electron chi connectivity index (χ1n) is 5.71. The molecule has 1 aromatic rings. The number of hydrogen-bond acceptors (Lipinski definition) is 4. The highest BCUT2D eigenvalue weighted by Gasteiger charge is 2.15. The van der Waals surface area contributed by atoms with Gasteiger partial charge >= 0.3 is 11.9 Å². The summed E-state index contributed by atoms with van der Waals surface area (Å²) in [6, 6.07) is 6.43. The molecule has 0 aliphatic rings. The first kappa shape index (κ1) is 14.6. The average Bonchev–Trinajstić information content (AvgIpc) is 2.36. The Morgan fingerprint density at radius 3 is 2.44 bits per heavy atom. The molecule has 0 bridgehead atoms. The van der Waals surface area contributed by atoms with Crippen LogP contribution in [0.1, 0.15) is 30.6 Å². The monoisotopic (exact) mass is 268 g/mol. The molecule has 98 valence electrons. The Balaban J connectivity index is 2.56. The molecule has 0 radical (unpaired) electrons. The Hall–Kier alpha value is -1.49. The van der Waals surface area contributed by atoms with E-state index in [1.54, 1.807) is 19.1 Å². The molecule has 0 saturated heterocycles. The molecule has 0 aromatic heterocycles. The highest BCUT2D eigenvalue weighted by molar-refractivity contribution is 8.00. The van der Waals surface area contributed by atoms with Crippen LogP contribution in [-0.2, 0) is 9.53 Å². The second-order valence-corrected chi connectivity index (χ2v) is 5.17. The largest absolute Gasteiger partial charge is 0.478 e. The van der Waals surface area contributed by atoms with Crippen molar-refractivity contribution in [3.63, 3.8) is 0 Å². The van der Waals surface area contributed by atoms with Crippen molar-refractivity contribution in [3.05, 3.63) is 29.8 Å². The van der Waals surface area contributed by atoms with E-state index < -0.39 is 5.97 Å². The highest BCUT2D eigenvalue weighted by atomic mass is 32.2. The van der Waals surface area contributed by atoms with Gasteiger partial charge in [-0.05, 0) is 37.6 Å². The summed E-state index contributed by atoms with van der Waals surface area (Å²) in [6.45, 7) is 4.14. The summed E-state index contributed by atoms with van der Waals surface area (Å²) >= 11 is 1.36. The molecular weight excluding hydrogens is 252 g/mol. The predicted octanol–water partition coefficient (Wildman–Crippen LogP) is 2.82. The number of benzene rings is 1. The number of carboxylic acid groups (broad SMARTS) is 1. The molecule has 0 spiro atoms. The molecule has 1 unspecified atom stereocenters. The third-order valence-corrected chi connectivity index (χ3v) is 3.28. The van der Waals surface area contributed by atoms with Gasteiger partial charge in [0.05, 0.1) is 12.2 Å². The van der Waals surface area contributed by atoms with E-state index in [2.05, 4.69) is 0 Å². The molecule has 0 aliphatic carbocycles. The van der Waals surface area contributed by atoms with Gasteiger partial charge in [0.25, 0.3) is 0 Å². The number of ether oxygens (including phenoxy) is 1. The van der Waals surface area contributed by atoms with E-state index in [9.17, 15) is 9.59 Å². The first-order chi connectivity index (χ1) is 8.54. The fourth-order valence-electron chi connectivity index (χ4n) is 1.25. The van der Waals surface area contributed by atoms with Gasteiger partial charge in [0.15, 0.2) is 0 Å². The molecule has 0 aliphatic heterocycles. The zero-order chi connectivity index (χ0) is 13.5. The van der Waals surface area contributed by atoms with Gasteiger partial charge in [-0.3, -0.25) is 4.79 Å². The number of esters is 1. The molecule has 0 fully saturated rings. The topological polar surface area (TPSA) is 63.6 Å². The fraction of sp³-hybridized carbons (Fsp3) is 0.385. The Morgan fingerprint density at radius 1 is 1.33 bits per heavy atom. The second kappa shape index (κ2) is 7.06. The summed E-state index contributed by atoms with van der Waals surface area (Å²) in [4.78, 5) is 23.1. The van der Waals surface area contributed by atoms with Gasteiger partial charge < -0.3 is 9.84 Å². The standard InChI is InChI=1S/C13H16O4S/c1-3-8-17-13(16)9(2)18-11-6-4-10(5-7-11)12(14)15/h4-7,9H,3,8H2,1-2H3,(H,14,15). The third-order valence-electron chi connectivity index (χ3n) is 2.19. The van der Waals surface area contributed by atoms with Crippen LogP contribution in [-0.4, -0.2) is 28.9 Å². The van der Waals surface area contributed by atoms with Crippen LogP contribution in [0.4, 0.5) is 0 Å². The predicted molar refractivity (Wildman–Crippen MR) is 70.0 cm³/mol. The Morgan fingerprint density at radius 2 is 1.94 bits per heavy atom.